The second kappa shape index (κ2) is 12.0. The first-order valence-corrected chi connectivity index (χ1v) is 12.3. The highest BCUT2D eigenvalue weighted by molar-refractivity contribution is 6.30. The Kier molecular flexibility index (Phi) is 7.85. The summed E-state index contributed by atoms with van der Waals surface area (Å²) < 4.78 is 13.7. The molecule has 0 bridgehead atoms. The van der Waals surface area contributed by atoms with Crippen LogP contribution in [-0.2, 0) is 0 Å². The van der Waals surface area contributed by atoms with Gasteiger partial charge in [0.1, 0.15) is 5.82 Å². The van der Waals surface area contributed by atoms with E-state index in [1.54, 1.807) is 54.6 Å². The Morgan fingerprint density at radius 1 is 0.667 bits per heavy atom. The maximum atomic E-state index is 13.7. The van der Waals surface area contributed by atoms with Crippen molar-refractivity contribution in [3.8, 4) is 0 Å². The van der Waals surface area contributed by atoms with E-state index in [1.165, 1.54) is 18.2 Å². The molecule has 0 fully saturated rings. The molecule has 7 nitrogen and oxygen atoms in total. The summed E-state index contributed by atoms with van der Waals surface area (Å²) >= 11 is 5.91. The van der Waals surface area contributed by atoms with E-state index in [-0.39, 0.29) is 29.4 Å². The van der Waals surface area contributed by atoms with Crippen molar-refractivity contribution in [3.05, 3.63) is 131 Å². The standard InChI is InChI=1S/C30H22ClFN6O/c31-22-14-9-20(10-15-22)11-18-27(39)21-12-16-25(17-13-21)34-29-36-28(33-24-6-2-1-3-7-24)37-30(38-29)35-26-8-4-5-23(32)19-26/h1-19H,(H3,33,34,35,36,37,38)/b18-11+. The first-order chi connectivity index (χ1) is 19.0. The molecular weight excluding hydrogens is 515 g/mol. The molecule has 0 saturated carbocycles. The van der Waals surface area contributed by atoms with Gasteiger partial charge in [-0.3, -0.25) is 4.79 Å². The van der Waals surface area contributed by atoms with Crippen LogP contribution in [0.5, 0.6) is 0 Å². The molecule has 0 aliphatic carbocycles. The summed E-state index contributed by atoms with van der Waals surface area (Å²) in [5.41, 5.74) is 3.36. The Bertz CT molecular complexity index is 1610. The predicted octanol–water partition coefficient (Wildman–Crippen LogP) is 7.79. The number of carbonyl (C=O) groups is 1. The fraction of sp³-hybridized carbons (Fsp3) is 0. The molecule has 5 aromatic rings. The maximum Gasteiger partial charge on any atom is 0.233 e. The molecule has 0 saturated heterocycles. The fourth-order valence-electron chi connectivity index (χ4n) is 3.58. The number of rotatable bonds is 9. The van der Waals surface area contributed by atoms with Crippen molar-refractivity contribution in [1.29, 1.82) is 0 Å². The highest BCUT2D eigenvalue weighted by atomic mass is 35.5. The quantitative estimate of drug-likeness (QED) is 0.131. The van der Waals surface area contributed by atoms with Gasteiger partial charge in [0.2, 0.25) is 17.8 Å². The maximum absolute atomic E-state index is 13.7. The van der Waals surface area contributed by atoms with Crippen LogP contribution in [-0.4, -0.2) is 20.7 Å². The van der Waals surface area contributed by atoms with E-state index in [9.17, 15) is 9.18 Å². The van der Waals surface area contributed by atoms with Crippen LogP contribution in [0, 0.1) is 5.82 Å². The molecule has 0 aliphatic heterocycles. The molecule has 39 heavy (non-hydrogen) atoms. The van der Waals surface area contributed by atoms with Crippen molar-refractivity contribution in [2.75, 3.05) is 16.0 Å². The van der Waals surface area contributed by atoms with Crippen molar-refractivity contribution in [1.82, 2.24) is 15.0 Å². The minimum atomic E-state index is -0.382. The number of hydrogen-bond acceptors (Lipinski definition) is 7. The highest BCUT2D eigenvalue weighted by Gasteiger charge is 2.10. The van der Waals surface area contributed by atoms with Gasteiger partial charge < -0.3 is 16.0 Å². The minimum absolute atomic E-state index is 0.132. The summed E-state index contributed by atoms with van der Waals surface area (Å²) in [7, 11) is 0. The first-order valence-electron chi connectivity index (χ1n) is 12.0. The van der Waals surface area contributed by atoms with Crippen molar-refractivity contribution in [2.45, 2.75) is 0 Å². The number of aromatic nitrogens is 3. The molecule has 0 unspecified atom stereocenters. The average molecular weight is 537 g/mol. The lowest BCUT2D eigenvalue weighted by atomic mass is 10.1. The van der Waals surface area contributed by atoms with E-state index >= 15 is 0 Å². The number of halogens is 2. The van der Waals surface area contributed by atoms with Crippen LogP contribution in [0.4, 0.5) is 39.3 Å². The van der Waals surface area contributed by atoms with Gasteiger partial charge in [0.25, 0.3) is 0 Å². The Labute approximate surface area is 229 Å². The Morgan fingerprint density at radius 3 is 1.85 bits per heavy atom. The number of nitrogens with one attached hydrogen (secondary N) is 3. The summed E-state index contributed by atoms with van der Waals surface area (Å²) in [5, 5.41) is 9.93. The Balaban J connectivity index is 1.34. The number of benzene rings is 4. The topological polar surface area (TPSA) is 91.8 Å². The average Bonchev–Trinajstić information content (AvgIpc) is 2.93. The van der Waals surface area contributed by atoms with Gasteiger partial charge in [-0.15, -0.1) is 0 Å². The molecule has 0 amide bonds. The van der Waals surface area contributed by atoms with Crippen LogP contribution in [0.15, 0.2) is 109 Å². The Hall–Kier alpha value is -5.08. The fourth-order valence-corrected chi connectivity index (χ4v) is 3.70. The zero-order valence-electron chi connectivity index (χ0n) is 20.5. The predicted molar refractivity (Wildman–Crippen MR) is 154 cm³/mol. The minimum Gasteiger partial charge on any atom is -0.324 e. The second-order valence-corrected chi connectivity index (χ2v) is 8.82. The van der Waals surface area contributed by atoms with Crippen LogP contribution in [0.1, 0.15) is 15.9 Å². The lowest BCUT2D eigenvalue weighted by Gasteiger charge is -2.12. The molecule has 4 aromatic carbocycles. The molecule has 1 aromatic heterocycles. The third-order valence-electron chi connectivity index (χ3n) is 5.47. The number of hydrogen-bond donors (Lipinski definition) is 3. The van der Waals surface area contributed by atoms with Crippen molar-refractivity contribution in [2.24, 2.45) is 0 Å². The molecule has 5 rings (SSSR count). The SMILES string of the molecule is O=C(/C=C/c1ccc(Cl)cc1)c1ccc(Nc2nc(Nc3ccccc3)nc(Nc3cccc(F)c3)n2)cc1. The number of anilines is 6. The summed E-state index contributed by atoms with van der Waals surface area (Å²) in [5.74, 6) is 0.247. The van der Waals surface area contributed by atoms with Gasteiger partial charge in [0, 0.05) is 27.6 Å². The van der Waals surface area contributed by atoms with Crippen LogP contribution in [0.3, 0.4) is 0 Å². The van der Waals surface area contributed by atoms with E-state index in [2.05, 4.69) is 30.9 Å². The lowest BCUT2D eigenvalue weighted by Crippen LogP contribution is -2.07. The summed E-state index contributed by atoms with van der Waals surface area (Å²) in [6.07, 6.45) is 3.26. The van der Waals surface area contributed by atoms with Crippen LogP contribution >= 0.6 is 11.6 Å². The van der Waals surface area contributed by atoms with E-state index in [0.717, 1.165) is 11.3 Å². The van der Waals surface area contributed by atoms with Gasteiger partial charge in [-0.1, -0.05) is 54.1 Å². The zero-order chi connectivity index (χ0) is 27.0. The molecular formula is C30H22ClFN6O. The zero-order valence-corrected chi connectivity index (χ0v) is 21.2. The summed E-state index contributed by atoms with van der Waals surface area (Å²) in [4.78, 5) is 25.9. The number of para-hydroxylation sites is 1. The Morgan fingerprint density at radius 2 is 1.23 bits per heavy atom. The van der Waals surface area contributed by atoms with Gasteiger partial charge >= 0.3 is 0 Å². The summed E-state index contributed by atoms with van der Waals surface area (Å²) in [6.45, 7) is 0. The van der Waals surface area contributed by atoms with Gasteiger partial charge in [0.15, 0.2) is 5.78 Å². The van der Waals surface area contributed by atoms with E-state index in [1.807, 2.05) is 42.5 Å². The number of carbonyl (C=O) groups excluding carboxylic acids is 1. The lowest BCUT2D eigenvalue weighted by molar-refractivity contribution is 0.104. The van der Waals surface area contributed by atoms with Crippen LogP contribution in [0.25, 0.3) is 6.08 Å². The number of nitrogens with zero attached hydrogens (tertiary/aromatic N) is 3. The van der Waals surface area contributed by atoms with Crippen molar-refractivity contribution >= 4 is 58.4 Å². The molecule has 3 N–H and O–H groups in total. The second-order valence-electron chi connectivity index (χ2n) is 8.38. The van der Waals surface area contributed by atoms with Gasteiger partial charge in [-0.2, -0.15) is 15.0 Å². The normalized spacial score (nSPS) is 10.8. The van der Waals surface area contributed by atoms with Gasteiger partial charge in [0.05, 0.1) is 0 Å². The summed E-state index contributed by atoms with van der Waals surface area (Å²) in [6, 6.07) is 29.6. The molecule has 0 atom stereocenters. The smallest absolute Gasteiger partial charge is 0.233 e. The molecule has 0 aliphatic rings. The monoisotopic (exact) mass is 536 g/mol. The number of allylic oxidation sites excluding steroid dienone is 1. The van der Waals surface area contributed by atoms with E-state index < -0.39 is 0 Å². The molecule has 0 spiro atoms. The third-order valence-corrected chi connectivity index (χ3v) is 5.72. The highest BCUT2D eigenvalue weighted by Crippen LogP contribution is 2.22. The molecule has 192 valence electrons. The molecule has 1 heterocycles. The molecule has 0 radical (unpaired) electrons. The first kappa shape index (κ1) is 25.6. The van der Waals surface area contributed by atoms with Gasteiger partial charge in [-0.05, 0) is 78.4 Å². The third kappa shape index (κ3) is 7.24. The molecule has 9 heteroatoms. The van der Waals surface area contributed by atoms with Crippen LogP contribution < -0.4 is 16.0 Å². The van der Waals surface area contributed by atoms with Crippen molar-refractivity contribution < 1.29 is 9.18 Å². The van der Waals surface area contributed by atoms with Crippen LogP contribution in [0.2, 0.25) is 5.02 Å². The van der Waals surface area contributed by atoms with E-state index in [0.29, 0.717) is 22.0 Å². The number of ketones is 1. The largest absolute Gasteiger partial charge is 0.324 e. The van der Waals surface area contributed by atoms with Crippen molar-refractivity contribution in [3.63, 3.8) is 0 Å². The van der Waals surface area contributed by atoms with E-state index in [4.69, 9.17) is 11.6 Å². The van der Waals surface area contributed by atoms with Gasteiger partial charge in [-0.25, -0.2) is 4.39 Å².